The molecule has 0 saturated heterocycles. The number of hydrogen-bond acceptors (Lipinski definition) is 4. The van der Waals surface area contributed by atoms with E-state index in [1.807, 2.05) is 20.9 Å². The van der Waals surface area contributed by atoms with Gasteiger partial charge in [-0.25, -0.2) is 4.98 Å². The average Bonchev–Trinajstić information content (AvgIpc) is 2.95. The summed E-state index contributed by atoms with van der Waals surface area (Å²) in [5.41, 5.74) is 0.989. The van der Waals surface area contributed by atoms with E-state index in [4.69, 9.17) is 0 Å². The molecular formula is C18H28N2O3S. The summed E-state index contributed by atoms with van der Waals surface area (Å²) in [4.78, 5) is 31.6. The monoisotopic (exact) mass is 352 g/mol. The summed E-state index contributed by atoms with van der Waals surface area (Å²) in [6, 6.07) is -0.0345. The lowest BCUT2D eigenvalue weighted by molar-refractivity contribution is -0.145. The van der Waals surface area contributed by atoms with E-state index in [2.05, 4.69) is 18.8 Å². The largest absolute Gasteiger partial charge is 0.481 e. The molecule has 0 aromatic carbocycles. The van der Waals surface area contributed by atoms with Gasteiger partial charge in [0.25, 0.3) is 0 Å². The molecule has 1 heterocycles. The summed E-state index contributed by atoms with van der Waals surface area (Å²) >= 11 is 1.67. The standard InChI is InChI=1S/C18H28N2O3S/c1-10(2)16-19-11(3)15(24-16)12(4)20(5)17(21)13-7-6-8-14(9-13)18(22)23/h10,12-14H,6-9H2,1-5H3,(H,22,23). The molecule has 1 saturated carbocycles. The highest BCUT2D eigenvalue weighted by atomic mass is 32.1. The molecule has 2 rings (SSSR count). The van der Waals surface area contributed by atoms with E-state index in [1.165, 1.54) is 0 Å². The van der Waals surface area contributed by atoms with E-state index in [-0.39, 0.29) is 23.8 Å². The number of aromatic nitrogens is 1. The summed E-state index contributed by atoms with van der Waals surface area (Å²) < 4.78 is 0. The Balaban J connectivity index is 2.11. The Kier molecular flexibility index (Phi) is 6.01. The Morgan fingerprint density at radius 2 is 1.88 bits per heavy atom. The molecule has 6 heteroatoms. The molecule has 134 valence electrons. The molecule has 1 aromatic rings. The topological polar surface area (TPSA) is 70.5 Å². The quantitative estimate of drug-likeness (QED) is 0.870. The fourth-order valence-corrected chi connectivity index (χ4v) is 4.52. The summed E-state index contributed by atoms with van der Waals surface area (Å²) in [6.45, 7) is 8.26. The van der Waals surface area contributed by atoms with E-state index < -0.39 is 5.97 Å². The van der Waals surface area contributed by atoms with E-state index >= 15 is 0 Å². The number of carbonyl (C=O) groups excluding carboxylic acids is 1. The van der Waals surface area contributed by atoms with E-state index in [9.17, 15) is 14.7 Å². The Morgan fingerprint density at radius 3 is 2.42 bits per heavy atom. The van der Waals surface area contributed by atoms with Gasteiger partial charge in [-0.05, 0) is 33.1 Å². The predicted molar refractivity (Wildman–Crippen MR) is 95.2 cm³/mol. The normalized spacial score (nSPS) is 22.4. The smallest absolute Gasteiger partial charge is 0.306 e. The minimum atomic E-state index is -0.775. The second-order valence-corrected chi connectivity index (χ2v) is 8.24. The molecule has 1 aliphatic rings. The second kappa shape index (κ2) is 7.64. The number of nitrogens with zero attached hydrogens (tertiary/aromatic N) is 2. The van der Waals surface area contributed by atoms with Crippen molar-refractivity contribution in [2.45, 2.75) is 65.3 Å². The van der Waals surface area contributed by atoms with Crippen molar-refractivity contribution in [3.8, 4) is 0 Å². The summed E-state index contributed by atoms with van der Waals surface area (Å²) in [5.74, 6) is -0.889. The van der Waals surface area contributed by atoms with Crippen molar-refractivity contribution in [3.05, 3.63) is 15.6 Å². The molecule has 24 heavy (non-hydrogen) atoms. The first-order valence-electron chi connectivity index (χ1n) is 8.69. The Hall–Kier alpha value is -1.43. The molecule has 1 amide bonds. The third-order valence-electron chi connectivity index (χ3n) is 5.02. The number of aryl methyl sites for hydroxylation is 1. The maximum atomic E-state index is 12.9. The maximum Gasteiger partial charge on any atom is 0.306 e. The van der Waals surface area contributed by atoms with Gasteiger partial charge in [0.15, 0.2) is 0 Å². The fourth-order valence-electron chi connectivity index (χ4n) is 3.36. The van der Waals surface area contributed by atoms with Crippen LogP contribution in [-0.4, -0.2) is 33.9 Å². The molecule has 0 aliphatic heterocycles. The highest BCUT2D eigenvalue weighted by molar-refractivity contribution is 7.11. The fraction of sp³-hybridized carbons (Fsp3) is 0.722. The number of rotatable bonds is 5. The van der Waals surface area contributed by atoms with Gasteiger partial charge < -0.3 is 10.0 Å². The van der Waals surface area contributed by atoms with Crippen molar-refractivity contribution < 1.29 is 14.7 Å². The number of carbonyl (C=O) groups is 2. The van der Waals surface area contributed by atoms with Crippen LogP contribution in [0.4, 0.5) is 0 Å². The van der Waals surface area contributed by atoms with Crippen LogP contribution in [0.25, 0.3) is 0 Å². The molecule has 1 aliphatic carbocycles. The number of carboxylic acid groups (broad SMARTS) is 1. The lowest BCUT2D eigenvalue weighted by Gasteiger charge is -2.32. The van der Waals surface area contributed by atoms with Crippen molar-refractivity contribution in [1.29, 1.82) is 0 Å². The molecule has 0 bridgehead atoms. The maximum absolute atomic E-state index is 12.9. The summed E-state index contributed by atoms with van der Waals surface area (Å²) in [7, 11) is 1.82. The van der Waals surface area contributed by atoms with Gasteiger partial charge in [-0.2, -0.15) is 0 Å². The molecule has 1 N–H and O–H groups in total. The first-order chi connectivity index (χ1) is 11.2. The third-order valence-corrected chi connectivity index (χ3v) is 6.65. The number of thiazole rings is 1. The molecule has 1 fully saturated rings. The average molecular weight is 353 g/mol. The Bertz CT molecular complexity index is 611. The SMILES string of the molecule is Cc1nc(C(C)C)sc1C(C)N(C)C(=O)C1CCCC(C(=O)O)C1. The Labute approximate surface area is 148 Å². The van der Waals surface area contributed by atoms with E-state index in [1.54, 1.807) is 16.2 Å². The van der Waals surface area contributed by atoms with Crippen LogP contribution in [0, 0.1) is 18.8 Å². The van der Waals surface area contributed by atoms with Crippen molar-refractivity contribution in [2.24, 2.45) is 11.8 Å². The second-order valence-electron chi connectivity index (χ2n) is 7.18. The van der Waals surface area contributed by atoms with Crippen LogP contribution in [-0.2, 0) is 9.59 Å². The van der Waals surface area contributed by atoms with Crippen molar-refractivity contribution in [1.82, 2.24) is 9.88 Å². The number of carboxylic acids is 1. The molecule has 3 atom stereocenters. The number of hydrogen-bond donors (Lipinski definition) is 1. The zero-order valence-electron chi connectivity index (χ0n) is 15.2. The summed E-state index contributed by atoms with van der Waals surface area (Å²) in [5, 5.41) is 10.3. The zero-order valence-corrected chi connectivity index (χ0v) is 16.0. The first kappa shape index (κ1) is 18.9. The van der Waals surface area contributed by atoms with Gasteiger partial charge >= 0.3 is 5.97 Å². The predicted octanol–water partition coefficient (Wildman–Crippen LogP) is 3.99. The van der Waals surface area contributed by atoms with Crippen molar-refractivity contribution >= 4 is 23.2 Å². The first-order valence-corrected chi connectivity index (χ1v) is 9.50. The van der Waals surface area contributed by atoms with Crippen LogP contribution in [0.5, 0.6) is 0 Å². The molecular weight excluding hydrogens is 324 g/mol. The molecule has 5 nitrogen and oxygen atoms in total. The van der Waals surface area contributed by atoms with Gasteiger partial charge in [-0.15, -0.1) is 11.3 Å². The van der Waals surface area contributed by atoms with Gasteiger partial charge in [-0.3, -0.25) is 9.59 Å². The molecule has 1 aromatic heterocycles. The zero-order chi connectivity index (χ0) is 18.0. The number of aliphatic carboxylic acids is 1. The van der Waals surface area contributed by atoms with Gasteiger partial charge in [0.05, 0.1) is 22.7 Å². The van der Waals surface area contributed by atoms with Crippen molar-refractivity contribution in [2.75, 3.05) is 7.05 Å². The minimum absolute atomic E-state index is 0.0345. The van der Waals surface area contributed by atoms with Gasteiger partial charge in [0, 0.05) is 23.8 Å². The lowest BCUT2D eigenvalue weighted by Crippen LogP contribution is -2.38. The Morgan fingerprint density at radius 1 is 1.25 bits per heavy atom. The van der Waals surface area contributed by atoms with Crippen LogP contribution in [0.15, 0.2) is 0 Å². The molecule has 3 unspecified atom stereocenters. The van der Waals surface area contributed by atoms with Crippen LogP contribution < -0.4 is 0 Å². The van der Waals surface area contributed by atoms with E-state index in [0.29, 0.717) is 18.8 Å². The molecule has 0 spiro atoms. The third kappa shape index (κ3) is 3.97. The highest BCUT2D eigenvalue weighted by Crippen LogP contribution is 2.35. The van der Waals surface area contributed by atoms with Crippen LogP contribution in [0.1, 0.15) is 74.0 Å². The van der Waals surface area contributed by atoms with Crippen LogP contribution in [0.2, 0.25) is 0 Å². The van der Waals surface area contributed by atoms with Gasteiger partial charge in [-0.1, -0.05) is 20.3 Å². The van der Waals surface area contributed by atoms with Crippen LogP contribution in [0.3, 0.4) is 0 Å². The number of amides is 1. The molecule has 0 radical (unpaired) electrons. The van der Waals surface area contributed by atoms with Crippen molar-refractivity contribution in [3.63, 3.8) is 0 Å². The lowest BCUT2D eigenvalue weighted by atomic mass is 9.80. The summed E-state index contributed by atoms with van der Waals surface area (Å²) in [6.07, 6.45) is 2.75. The highest BCUT2D eigenvalue weighted by Gasteiger charge is 2.34. The van der Waals surface area contributed by atoms with Gasteiger partial charge in [0.1, 0.15) is 0 Å². The minimum Gasteiger partial charge on any atom is -0.481 e. The van der Waals surface area contributed by atoms with Crippen LogP contribution >= 0.6 is 11.3 Å². The van der Waals surface area contributed by atoms with E-state index in [0.717, 1.165) is 28.4 Å². The van der Waals surface area contributed by atoms with Gasteiger partial charge in [0.2, 0.25) is 5.91 Å².